The lowest BCUT2D eigenvalue weighted by Crippen LogP contribution is -2.28. The van der Waals surface area contributed by atoms with Gasteiger partial charge in [-0.25, -0.2) is 0 Å². The zero-order valence-electron chi connectivity index (χ0n) is 15.4. The summed E-state index contributed by atoms with van der Waals surface area (Å²) in [6, 6.07) is 13.3. The molecule has 2 aromatic carbocycles. The summed E-state index contributed by atoms with van der Waals surface area (Å²) in [6.07, 6.45) is 2.23. The fourth-order valence-corrected chi connectivity index (χ4v) is 2.93. The minimum atomic E-state index is -0.441. The Balaban J connectivity index is 1.41. The maximum absolute atomic E-state index is 12.2. The van der Waals surface area contributed by atoms with Gasteiger partial charge in [0.15, 0.2) is 0 Å². The minimum absolute atomic E-state index is 0.00687. The normalized spacial score (nSPS) is 15.8. The summed E-state index contributed by atoms with van der Waals surface area (Å²) in [4.78, 5) is 22.7. The van der Waals surface area contributed by atoms with Crippen molar-refractivity contribution < 1.29 is 19.2 Å². The van der Waals surface area contributed by atoms with Crippen LogP contribution in [0.25, 0.3) is 0 Å². The van der Waals surface area contributed by atoms with Crippen LogP contribution in [0.15, 0.2) is 48.5 Å². The van der Waals surface area contributed by atoms with E-state index < -0.39 is 4.92 Å². The molecule has 0 radical (unpaired) electrons. The first-order valence-electron chi connectivity index (χ1n) is 9.23. The Kier molecular flexibility index (Phi) is 6.80. The Hall–Kier alpha value is -3.13. The maximum Gasteiger partial charge on any atom is 0.292 e. The second kappa shape index (κ2) is 9.70. The lowest BCUT2D eigenvalue weighted by Gasteiger charge is -2.12. The van der Waals surface area contributed by atoms with Crippen LogP contribution in [0.1, 0.15) is 23.2 Å². The number of nitro benzene ring substituents is 1. The van der Waals surface area contributed by atoms with Crippen molar-refractivity contribution in [2.75, 3.05) is 31.6 Å². The molecular formula is C20H23N3O5. The number of rotatable bonds is 9. The molecule has 3 rings (SSSR count). The Morgan fingerprint density at radius 2 is 1.96 bits per heavy atom. The molecule has 148 valence electrons. The molecule has 8 nitrogen and oxygen atoms in total. The van der Waals surface area contributed by atoms with Crippen molar-refractivity contribution in [3.05, 3.63) is 64.2 Å². The van der Waals surface area contributed by atoms with Gasteiger partial charge in [0.2, 0.25) is 0 Å². The van der Waals surface area contributed by atoms with Gasteiger partial charge >= 0.3 is 0 Å². The van der Waals surface area contributed by atoms with E-state index in [1.807, 2.05) is 0 Å². The van der Waals surface area contributed by atoms with Crippen molar-refractivity contribution in [2.45, 2.75) is 18.9 Å². The number of amides is 1. The number of nitro groups is 1. The van der Waals surface area contributed by atoms with Gasteiger partial charge in [-0.3, -0.25) is 14.9 Å². The Morgan fingerprint density at radius 3 is 2.68 bits per heavy atom. The molecule has 2 N–H and O–H groups in total. The average molecular weight is 385 g/mol. The summed E-state index contributed by atoms with van der Waals surface area (Å²) >= 11 is 0. The first-order valence-corrected chi connectivity index (χ1v) is 9.23. The smallest absolute Gasteiger partial charge is 0.292 e. The molecule has 1 aliphatic heterocycles. The molecule has 0 spiro atoms. The zero-order valence-corrected chi connectivity index (χ0v) is 15.4. The van der Waals surface area contributed by atoms with Crippen LogP contribution in [0.2, 0.25) is 0 Å². The van der Waals surface area contributed by atoms with Crippen LogP contribution in [0, 0.1) is 10.1 Å². The van der Waals surface area contributed by atoms with Crippen LogP contribution in [0.4, 0.5) is 11.4 Å². The van der Waals surface area contributed by atoms with Gasteiger partial charge in [0.25, 0.3) is 11.6 Å². The number of hydrogen-bond acceptors (Lipinski definition) is 6. The summed E-state index contributed by atoms with van der Waals surface area (Å²) in [5.74, 6) is 0.486. The number of carbonyl (C=O) groups excluding carboxylic acids is 1. The number of hydrogen-bond donors (Lipinski definition) is 2. The topological polar surface area (TPSA) is 103 Å². The third-order valence-corrected chi connectivity index (χ3v) is 4.40. The summed E-state index contributed by atoms with van der Waals surface area (Å²) in [5.41, 5.74) is 0.956. The average Bonchev–Trinajstić information content (AvgIpc) is 3.24. The molecule has 0 aliphatic carbocycles. The van der Waals surface area contributed by atoms with E-state index in [-0.39, 0.29) is 17.7 Å². The van der Waals surface area contributed by atoms with Crippen LogP contribution in [0.3, 0.4) is 0 Å². The highest BCUT2D eigenvalue weighted by Gasteiger charge is 2.16. The minimum Gasteiger partial charge on any atom is -0.491 e. The molecule has 0 bridgehead atoms. The molecule has 0 aromatic heterocycles. The monoisotopic (exact) mass is 385 g/mol. The third-order valence-electron chi connectivity index (χ3n) is 4.40. The summed E-state index contributed by atoms with van der Waals surface area (Å²) in [7, 11) is 0. The highest BCUT2D eigenvalue weighted by atomic mass is 16.6. The lowest BCUT2D eigenvalue weighted by molar-refractivity contribution is -0.384. The molecule has 2 aromatic rings. The van der Waals surface area contributed by atoms with Crippen LogP contribution in [-0.2, 0) is 4.74 Å². The molecule has 0 saturated carbocycles. The van der Waals surface area contributed by atoms with Crippen molar-refractivity contribution in [1.82, 2.24) is 5.32 Å². The van der Waals surface area contributed by atoms with E-state index in [1.165, 1.54) is 6.07 Å². The number of carbonyl (C=O) groups is 1. The predicted molar refractivity (Wildman–Crippen MR) is 105 cm³/mol. The van der Waals surface area contributed by atoms with E-state index in [0.29, 0.717) is 36.7 Å². The molecule has 28 heavy (non-hydrogen) atoms. The van der Waals surface area contributed by atoms with E-state index in [2.05, 4.69) is 10.6 Å². The highest BCUT2D eigenvalue weighted by molar-refractivity contribution is 5.94. The predicted octanol–water partition coefficient (Wildman–Crippen LogP) is 2.99. The van der Waals surface area contributed by atoms with Crippen molar-refractivity contribution in [3.63, 3.8) is 0 Å². The summed E-state index contributed by atoms with van der Waals surface area (Å²) < 4.78 is 11.2. The van der Waals surface area contributed by atoms with Gasteiger partial charge in [-0.15, -0.1) is 0 Å². The lowest BCUT2D eigenvalue weighted by atomic mass is 10.2. The molecule has 1 atom stereocenters. The largest absolute Gasteiger partial charge is 0.491 e. The first kappa shape index (κ1) is 19.6. The van der Waals surface area contributed by atoms with E-state index >= 15 is 0 Å². The van der Waals surface area contributed by atoms with Crippen LogP contribution in [-0.4, -0.2) is 43.2 Å². The molecule has 1 unspecified atom stereocenters. The Bertz CT molecular complexity index is 804. The first-order chi connectivity index (χ1) is 13.6. The third kappa shape index (κ3) is 5.43. The van der Waals surface area contributed by atoms with E-state index in [0.717, 1.165) is 19.4 Å². The second-order valence-electron chi connectivity index (χ2n) is 6.43. The molecular weight excluding hydrogens is 362 g/mol. The van der Waals surface area contributed by atoms with Gasteiger partial charge in [0.05, 0.1) is 11.0 Å². The van der Waals surface area contributed by atoms with Gasteiger partial charge in [0, 0.05) is 31.3 Å². The van der Waals surface area contributed by atoms with Crippen molar-refractivity contribution in [2.24, 2.45) is 0 Å². The zero-order chi connectivity index (χ0) is 19.8. The van der Waals surface area contributed by atoms with Crippen LogP contribution < -0.4 is 15.4 Å². The quantitative estimate of drug-likeness (QED) is 0.391. The van der Waals surface area contributed by atoms with Crippen LogP contribution in [0.5, 0.6) is 5.75 Å². The Labute approximate surface area is 163 Å². The molecule has 1 saturated heterocycles. The molecule has 1 heterocycles. The van der Waals surface area contributed by atoms with Crippen molar-refractivity contribution in [3.8, 4) is 5.75 Å². The van der Waals surface area contributed by atoms with Gasteiger partial charge in [-0.2, -0.15) is 0 Å². The maximum atomic E-state index is 12.2. The molecule has 8 heteroatoms. The number of ether oxygens (including phenoxy) is 2. The fourth-order valence-electron chi connectivity index (χ4n) is 2.93. The second-order valence-corrected chi connectivity index (χ2v) is 6.43. The number of anilines is 1. The van der Waals surface area contributed by atoms with Gasteiger partial charge in [-0.1, -0.05) is 12.1 Å². The van der Waals surface area contributed by atoms with E-state index in [4.69, 9.17) is 9.47 Å². The van der Waals surface area contributed by atoms with Gasteiger partial charge < -0.3 is 20.1 Å². The number of nitrogens with one attached hydrogen (secondary N) is 2. The SMILES string of the molecule is O=C(NCCNc1ccccc1[N+](=O)[O-])c1ccc(OCC2CCCO2)cc1. The number of benzene rings is 2. The van der Waals surface area contributed by atoms with Crippen molar-refractivity contribution >= 4 is 17.3 Å². The fraction of sp³-hybridized carbons (Fsp3) is 0.350. The number of para-hydroxylation sites is 2. The standard InChI is InChI=1S/C20H23N3O5/c24-20(22-12-11-21-18-5-1-2-6-19(18)23(25)26)15-7-9-16(10-8-15)28-14-17-4-3-13-27-17/h1-2,5-10,17,21H,3-4,11-14H2,(H,22,24). The van der Waals surface area contributed by atoms with Crippen LogP contribution >= 0.6 is 0 Å². The summed E-state index contributed by atoms with van der Waals surface area (Å²) in [6.45, 7) is 2.02. The number of nitrogens with zero attached hydrogens (tertiary/aromatic N) is 1. The van der Waals surface area contributed by atoms with E-state index in [1.54, 1.807) is 42.5 Å². The highest BCUT2D eigenvalue weighted by Crippen LogP contribution is 2.22. The van der Waals surface area contributed by atoms with Gasteiger partial charge in [-0.05, 0) is 43.2 Å². The Morgan fingerprint density at radius 1 is 1.18 bits per heavy atom. The molecule has 1 aliphatic rings. The summed E-state index contributed by atoms with van der Waals surface area (Å²) in [5, 5.41) is 16.7. The molecule has 1 amide bonds. The van der Waals surface area contributed by atoms with Crippen molar-refractivity contribution in [1.29, 1.82) is 0 Å². The van der Waals surface area contributed by atoms with Gasteiger partial charge in [0.1, 0.15) is 18.0 Å². The molecule has 1 fully saturated rings. The van der Waals surface area contributed by atoms with E-state index in [9.17, 15) is 14.9 Å².